The maximum absolute atomic E-state index is 12.2. The zero-order chi connectivity index (χ0) is 15.5. The highest BCUT2D eigenvalue weighted by atomic mass is 32.2. The number of benzene rings is 1. The first-order valence-corrected chi connectivity index (χ1v) is 8.21. The van der Waals surface area contributed by atoms with Crippen molar-refractivity contribution < 1.29 is 23.1 Å². The maximum Gasteiger partial charge on any atom is 0.341 e. The second-order valence-electron chi connectivity index (χ2n) is 4.15. The number of carboxylic acids is 1. The third kappa shape index (κ3) is 3.96. The predicted octanol–water partition coefficient (Wildman–Crippen LogP) is 2.32. The van der Waals surface area contributed by atoms with Crippen LogP contribution in [0, 0.1) is 6.92 Å². The predicted molar refractivity (Wildman–Crippen MR) is 79.4 cm³/mol. The van der Waals surface area contributed by atoms with Crippen LogP contribution < -0.4 is 9.46 Å². The number of sulfonamides is 1. The number of ether oxygens (including phenoxy) is 1. The molecule has 2 rings (SSSR count). The Kier molecular flexibility index (Phi) is 4.49. The minimum absolute atomic E-state index is 0.164. The van der Waals surface area contributed by atoms with E-state index in [0.29, 0.717) is 0 Å². The van der Waals surface area contributed by atoms with Crippen LogP contribution in [0.1, 0.15) is 4.88 Å². The summed E-state index contributed by atoms with van der Waals surface area (Å²) in [5.41, 5.74) is 0.199. The van der Waals surface area contributed by atoms with Gasteiger partial charge in [-0.1, -0.05) is 12.1 Å². The molecule has 6 nitrogen and oxygen atoms in total. The van der Waals surface area contributed by atoms with Gasteiger partial charge in [0.25, 0.3) is 10.0 Å². The number of nitrogens with one attached hydrogen (secondary N) is 1. The van der Waals surface area contributed by atoms with Crippen LogP contribution in [-0.2, 0) is 14.8 Å². The summed E-state index contributed by atoms with van der Waals surface area (Å²) < 4.78 is 32.1. The Labute approximate surface area is 126 Å². The fourth-order valence-corrected chi connectivity index (χ4v) is 3.92. The second kappa shape index (κ2) is 6.15. The number of aryl methyl sites for hydroxylation is 1. The van der Waals surface area contributed by atoms with Gasteiger partial charge in [-0.3, -0.25) is 4.72 Å². The van der Waals surface area contributed by atoms with Crippen molar-refractivity contribution in [1.29, 1.82) is 0 Å². The van der Waals surface area contributed by atoms with Crippen LogP contribution in [0.15, 0.2) is 40.6 Å². The number of aliphatic carboxylic acids is 1. The molecule has 1 aromatic carbocycles. The van der Waals surface area contributed by atoms with Gasteiger partial charge in [-0.2, -0.15) is 0 Å². The van der Waals surface area contributed by atoms with Crippen LogP contribution >= 0.6 is 11.3 Å². The molecular weight excluding hydrogens is 314 g/mol. The Morgan fingerprint density at radius 2 is 2.00 bits per heavy atom. The van der Waals surface area contributed by atoms with Crippen molar-refractivity contribution in [3.05, 3.63) is 41.3 Å². The molecule has 1 heterocycles. The minimum atomic E-state index is -3.71. The van der Waals surface area contributed by atoms with E-state index >= 15 is 0 Å². The molecule has 2 N–H and O–H groups in total. The van der Waals surface area contributed by atoms with Crippen LogP contribution in [0.25, 0.3) is 0 Å². The summed E-state index contributed by atoms with van der Waals surface area (Å²) in [7, 11) is -3.71. The Morgan fingerprint density at radius 1 is 1.29 bits per heavy atom. The van der Waals surface area contributed by atoms with Crippen molar-refractivity contribution >= 4 is 33.0 Å². The van der Waals surface area contributed by atoms with Gasteiger partial charge in [0, 0.05) is 4.88 Å². The Balaban J connectivity index is 2.25. The number of carbonyl (C=O) groups is 1. The lowest BCUT2D eigenvalue weighted by atomic mass is 10.3. The van der Waals surface area contributed by atoms with Crippen LogP contribution in [0.2, 0.25) is 0 Å². The lowest BCUT2D eigenvalue weighted by Gasteiger charge is -2.11. The zero-order valence-corrected chi connectivity index (χ0v) is 12.7. The summed E-state index contributed by atoms with van der Waals surface area (Å²) in [6, 6.07) is 9.50. The van der Waals surface area contributed by atoms with Crippen LogP contribution in [0.4, 0.5) is 5.69 Å². The molecule has 0 atom stereocenters. The van der Waals surface area contributed by atoms with Gasteiger partial charge in [-0.05, 0) is 31.2 Å². The van der Waals surface area contributed by atoms with Gasteiger partial charge in [0.15, 0.2) is 6.61 Å². The van der Waals surface area contributed by atoms with E-state index in [4.69, 9.17) is 9.84 Å². The number of hydrogen-bond donors (Lipinski definition) is 2. The molecule has 0 aliphatic carbocycles. The van der Waals surface area contributed by atoms with Crippen LogP contribution in [0.3, 0.4) is 0 Å². The molecule has 1 aromatic heterocycles. The van der Waals surface area contributed by atoms with Gasteiger partial charge in [0.05, 0.1) is 5.69 Å². The van der Waals surface area contributed by atoms with E-state index in [0.717, 1.165) is 16.2 Å². The molecule has 112 valence electrons. The van der Waals surface area contributed by atoms with E-state index in [9.17, 15) is 13.2 Å². The maximum atomic E-state index is 12.2. The minimum Gasteiger partial charge on any atom is -0.480 e. The molecule has 0 aliphatic rings. The fraction of sp³-hybridized carbons (Fsp3) is 0.154. The molecule has 0 saturated heterocycles. The van der Waals surface area contributed by atoms with E-state index < -0.39 is 22.6 Å². The van der Waals surface area contributed by atoms with Gasteiger partial charge in [-0.15, -0.1) is 11.3 Å². The molecule has 0 bridgehead atoms. The van der Waals surface area contributed by atoms with Gasteiger partial charge >= 0.3 is 5.97 Å². The summed E-state index contributed by atoms with van der Waals surface area (Å²) in [4.78, 5) is 11.4. The number of thiophene rings is 1. The smallest absolute Gasteiger partial charge is 0.341 e. The van der Waals surface area contributed by atoms with Gasteiger partial charge in [-0.25, -0.2) is 13.2 Å². The summed E-state index contributed by atoms with van der Waals surface area (Å²) in [6.45, 7) is 1.27. The van der Waals surface area contributed by atoms with E-state index in [1.165, 1.54) is 18.2 Å². The molecule has 0 aliphatic heterocycles. The third-order valence-electron chi connectivity index (χ3n) is 2.46. The number of anilines is 1. The van der Waals surface area contributed by atoms with Crippen LogP contribution in [0.5, 0.6) is 5.75 Å². The average Bonchev–Trinajstić information content (AvgIpc) is 2.85. The standard InChI is InChI=1S/C13H13NO5S2/c1-9-6-7-13(20-9)21(17,18)14-10-4-2-3-5-11(10)19-8-12(15)16/h2-7,14H,8H2,1H3,(H,15,16). The Morgan fingerprint density at radius 3 is 2.62 bits per heavy atom. The molecule has 8 heteroatoms. The number of rotatable bonds is 6. The zero-order valence-electron chi connectivity index (χ0n) is 11.1. The van der Waals surface area contributed by atoms with Crippen molar-refractivity contribution in [3.8, 4) is 5.75 Å². The third-order valence-corrected chi connectivity index (χ3v) is 5.32. The molecule has 0 unspecified atom stereocenters. The lowest BCUT2D eigenvalue weighted by molar-refractivity contribution is -0.139. The first kappa shape index (κ1) is 15.3. The quantitative estimate of drug-likeness (QED) is 0.849. The second-order valence-corrected chi connectivity index (χ2v) is 7.35. The number of para-hydroxylation sites is 2. The van der Waals surface area contributed by atoms with E-state index in [2.05, 4.69) is 4.72 Å². The van der Waals surface area contributed by atoms with Crippen molar-refractivity contribution in [3.63, 3.8) is 0 Å². The topological polar surface area (TPSA) is 92.7 Å². The van der Waals surface area contributed by atoms with Gasteiger partial charge in [0.1, 0.15) is 9.96 Å². The average molecular weight is 327 g/mol. The summed E-state index contributed by atoms with van der Waals surface area (Å²) >= 11 is 1.15. The fourth-order valence-electron chi connectivity index (χ4n) is 1.57. The molecule has 0 fully saturated rings. The normalized spacial score (nSPS) is 11.1. The Hall–Kier alpha value is -2.06. The van der Waals surface area contributed by atoms with Crippen molar-refractivity contribution in [2.75, 3.05) is 11.3 Å². The summed E-state index contributed by atoms with van der Waals surface area (Å²) in [5, 5.41) is 8.62. The van der Waals surface area contributed by atoms with Gasteiger partial charge < -0.3 is 9.84 Å². The summed E-state index contributed by atoms with van der Waals surface area (Å²) in [6.07, 6.45) is 0. The highest BCUT2D eigenvalue weighted by molar-refractivity contribution is 7.94. The van der Waals surface area contributed by atoms with Crippen molar-refractivity contribution in [1.82, 2.24) is 0 Å². The van der Waals surface area contributed by atoms with Gasteiger partial charge in [0.2, 0.25) is 0 Å². The number of hydrogen-bond acceptors (Lipinski definition) is 5. The molecular formula is C13H13NO5S2. The molecule has 2 aromatic rings. The summed E-state index contributed by atoms with van der Waals surface area (Å²) in [5.74, 6) is -0.974. The van der Waals surface area contributed by atoms with E-state index in [1.54, 1.807) is 18.2 Å². The molecule has 0 spiro atoms. The van der Waals surface area contributed by atoms with E-state index in [-0.39, 0.29) is 15.6 Å². The first-order chi connectivity index (χ1) is 9.88. The lowest BCUT2D eigenvalue weighted by Crippen LogP contribution is -2.14. The molecule has 0 saturated carbocycles. The van der Waals surface area contributed by atoms with Crippen molar-refractivity contribution in [2.24, 2.45) is 0 Å². The largest absolute Gasteiger partial charge is 0.480 e. The number of carboxylic acid groups (broad SMARTS) is 1. The highest BCUT2D eigenvalue weighted by Crippen LogP contribution is 2.28. The van der Waals surface area contributed by atoms with E-state index in [1.807, 2.05) is 6.92 Å². The van der Waals surface area contributed by atoms with Crippen molar-refractivity contribution in [2.45, 2.75) is 11.1 Å². The monoisotopic (exact) mass is 327 g/mol. The molecule has 0 amide bonds. The van der Waals surface area contributed by atoms with Crippen LogP contribution in [-0.4, -0.2) is 26.1 Å². The SMILES string of the molecule is Cc1ccc(S(=O)(=O)Nc2ccccc2OCC(=O)O)s1. The molecule has 21 heavy (non-hydrogen) atoms. The first-order valence-electron chi connectivity index (χ1n) is 5.91. The highest BCUT2D eigenvalue weighted by Gasteiger charge is 2.18. The Bertz CT molecular complexity index is 751. The molecule has 0 radical (unpaired) electrons.